The molecule has 3 fully saturated rings. The molecule has 1 unspecified atom stereocenters. The predicted octanol–water partition coefficient (Wildman–Crippen LogP) is 3.03. The third-order valence-electron chi connectivity index (χ3n) is 7.69. The third kappa shape index (κ3) is 3.77. The van der Waals surface area contributed by atoms with Crippen LogP contribution in [0, 0.1) is 17.8 Å². The van der Waals surface area contributed by atoms with Crippen molar-refractivity contribution in [3.8, 4) is 0 Å². The molecule has 1 N–H and O–H groups in total. The molecular weight excluding hydrogens is 396 g/mol. The minimum atomic E-state index is -0.502. The number of aromatic nitrogens is 1. The fourth-order valence-corrected chi connectivity index (χ4v) is 7.12. The van der Waals surface area contributed by atoms with E-state index in [2.05, 4.69) is 22.2 Å². The summed E-state index contributed by atoms with van der Waals surface area (Å²) in [5.41, 5.74) is 0.947. The van der Waals surface area contributed by atoms with Crippen LogP contribution in [0.2, 0.25) is 0 Å². The number of piperidine rings is 1. The van der Waals surface area contributed by atoms with Crippen molar-refractivity contribution in [1.29, 1.82) is 0 Å². The van der Waals surface area contributed by atoms with Gasteiger partial charge in [0.15, 0.2) is 5.17 Å². The fraction of sp³-hybridized carbons (Fsp3) is 0.652. The summed E-state index contributed by atoms with van der Waals surface area (Å²) in [5, 5.41) is 4.44. The Morgan fingerprint density at radius 2 is 2.10 bits per heavy atom. The first-order valence-electron chi connectivity index (χ1n) is 11.3. The van der Waals surface area contributed by atoms with Crippen molar-refractivity contribution in [2.45, 2.75) is 62.7 Å². The molecule has 0 spiro atoms. The minimum absolute atomic E-state index is 0.00158. The molecule has 4 atom stereocenters. The van der Waals surface area contributed by atoms with Gasteiger partial charge in [0.25, 0.3) is 5.91 Å². The summed E-state index contributed by atoms with van der Waals surface area (Å²) in [7, 11) is 0. The summed E-state index contributed by atoms with van der Waals surface area (Å²) >= 11 is 1.63. The van der Waals surface area contributed by atoms with E-state index in [-0.39, 0.29) is 17.7 Å². The van der Waals surface area contributed by atoms with E-state index in [9.17, 15) is 9.59 Å². The molecule has 1 aromatic heterocycles. The minimum Gasteiger partial charge on any atom is -0.361 e. The Morgan fingerprint density at radius 3 is 2.77 bits per heavy atom. The summed E-state index contributed by atoms with van der Waals surface area (Å²) in [6.45, 7) is 3.47. The maximum atomic E-state index is 12.9. The van der Waals surface area contributed by atoms with Gasteiger partial charge in [0, 0.05) is 31.5 Å². The van der Waals surface area contributed by atoms with Crippen LogP contribution in [0.15, 0.2) is 29.5 Å². The summed E-state index contributed by atoms with van der Waals surface area (Å²) in [6.07, 6.45) is 10.8. The van der Waals surface area contributed by atoms with Crippen molar-refractivity contribution >= 4 is 28.7 Å². The van der Waals surface area contributed by atoms with Crippen LogP contribution in [0.5, 0.6) is 0 Å². The Hall–Kier alpha value is -1.89. The largest absolute Gasteiger partial charge is 0.361 e. The number of hydrogen-bond donors (Lipinski definition) is 1. The van der Waals surface area contributed by atoms with Gasteiger partial charge < -0.3 is 10.2 Å². The molecule has 2 bridgehead atoms. The van der Waals surface area contributed by atoms with Gasteiger partial charge in [-0.25, -0.2) is 0 Å². The molecule has 30 heavy (non-hydrogen) atoms. The number of pyridine rings is 1. The molecule has 2 saturated carbocycles. The molecule has 2 amide bonds. The quantitative estimate of drug-likeness (QED) is 0.801. The first-order chi connectivity index (χ1) is 14.5. The monoisotopic (exact) mass is 426 g/mol. The number of fused-ring (bicyclic) bond motifs is 2. The predicted molar refractivity (Wildman–Crippen MR) is 118 cm³/mol. The molecule has 1 saturated heterocycles. The van der Waals surface area contributed by atoms with Gasteiger partial charge in [0.2, 0.25) is 5.91 Å². The van der Waals surface area contributed by atoms with Crippen LogP contribution < -0.4 is 5.32 Å². The number of carbonyl (C=O) groups is 2. The molecule has 5 rings (SSSR count). The number of amides is 2. The second-order valence-corrected chi connectivity index (χ2v) is 11.0. The summed E-state index contributed by atoms with van der Waals surface area (Å²) in [6, 6.07) is 4.30. The van der Waals surface area contributed by atoms with Crippen molar-refractivity contribution in [2.75, 3.05) is 13.1 Å². The number of thioether (sulfide) groups is 1. The lowest BCUT2D eigenvalue weighted by Gasteiger charge is -2.38. The van der Waals surface area contributed by atoms with Gasteiger partial charge in [0.1, 0.15) is 4.75 Å². The Kier molecular flexibility index (Phi) is 5.33. The average molecular weight is 427 g/mol. The second kappa shape index (κ2) is 7.98. The zero-order valence-corrected chi connectivity index (χ0v) is 18.4. The van der Waals surface area contributed by atoms with Crippen molar-refractivity contribution in [3.63, 3.8) is 0 Å². The number of likely N-dealkylation sites (tertiary alicyclic amines) is 1. The van der Waals surface area contributed by atoms with E-state index in [1.807, 2.05) is 17.0 Å². The fourth-order valence-electron chi connectivity index (χ4n) is 5.84. The normalized spacial score (nSPS) is 33.8. The number of rotatable bonds is 4. The number of nitrogens with one attached hydrogen (secondary N) is 1. The lowest BCUT2D eigenvalue weighted by Crippen LogP contribution is -2.47. The molecule has 0 aromatic carbocycles. The molecule has 4 aliphatic rings. The van der Waals surface area contributed by atoms with Gasteiger partial charge in [-0.3, -0.25) is 14.6 Å². The lowest BCUT2D eigenvalue weighted by atomic mass is 9.84. The smallest absolute Gasteiger partial charge is 0.264 e. The van der Waals surface area contributed by atoms with E-state index in [1.54, 1.807) is 24.2 Å². The van der Waals surface area contributed by atoms with Crippen LogP contribution in [0.1, 0.15) is 51.0 Å². The highest BCUT2D eigenvalue weighted by atomic mass is 32.2. The van der Waals surface area contributed by atoms with Gasteiger partial charge in [-0.2, -0.15) is 4.99 Å². The number of hydrogen-bond acceptors (Lipinski definition) is 5. The number of carbonyl (C=O) groups excluding carboxylic acids is 2. The van der Waals surface area contributed by atoms with Crippen LogP contribution in [0.4, 0.5) is 0 Å². The Labute approximate surface area is 182 Å². The van der Waals surface area contributed by atoms with Crippen LogP contribution in [-0.4, -0.2) is 50.7 Å². The van der Waals surface area contributed by atoms with Crippen LogP contribution in [0.3, 0.4) is 0 Å². The maximum Gasteiger partial charge on any atom is 0.264 e. The Morgan fingerprint density at radius 1 is 1.27 bits per heavy atom. The molecule has 3 heterocycles. The zero-order valence-electron chi connectivity index (χ0n) is 17.5. The maximum absolute atomic E-state index is 12.9. The van der Waals surface area contributed by atoms with Gasteiger partial charge in [-0.1, -0.05) is 24.2 Å². The Balaban J connectivity index is 1.15. The van der Waals surface area contributed by atoms with Gasteiger partial charge in [0.05, 0.1) is 6.42 Å². The Bertz CT molecular complexity index is 852. The van der Waals surface area contributed by atoms with Crippen LogP contribution in [0.25, 0.3) is 0 Å². The number of aliphatic imine (C=N–C) groups is 1. The molecule has 2 aliphatic carbocycles. The van der Waals surface area contributed by atoms with Gasteiger partial charge in [-0.05, 0) is 68.4 Å². The van der Waals surface area contributed by atoms with Crippen LogP contribution in [-0.2, 0) is 16.0 Å². The molecule has 1 aromatic rings. The van der Waals surface area contributed by atoms with Crippen LogP contribution >= 0.6 is 11.8 Å². The van der Waals surface area contributed by atoms with E-state index in [0.29, 0.717) is 25.6 Å². The van der Waals surface area contributed by atoms with Crippen molar-refractivity contribution in [1.82, 2.24) is 15.2 Å². The highest BCUT2D eigenvalue weighted by Crippen LogP contribution is 2.47. The zero-order chi connectivity index (χ0) is 20.7. The SMILES string of the molecule is CC1(C2CCN(C(=O)Cc3cccnc3)CC2)SC(N[C@H]2C[C@@H]3CC[C@H]2C3)=NC1=O. The second-order valence-electron chi connectivity index (χ2n) is 9.55. The standard InChI is InChI=1S/C23H30N4O2S/c1-23(21(29)26-22(30-23)25-19-12-15-4-5-17(19)11-15)18-6-9-27(10-7-18)20(28)13-16-3-2-8-24-14-16/h2-3,8,14-15,17-19H,4-7,9-13H2,1H3,(H,25,26,29)/t15-,17+,19+,23?/m1/s1. The molecular formula is C23H30N4O2S. The van der Waals surface area contributed by atoms with E-state index in [1.165, 1.54) is 25.7 Å². The third-order valence-corrected chi connectivity index (χ3v) is 9.02. The summed E-state index contributed by atoms with van der Waals surface area (Å²) in [5.74, 6) is 2.02. The molecule has 2 aliphatic heterocycles. The molecule has 160 valence electrons. The summed E-state index contributed by atoms with van der Waals surface area (Å²) < 4.78 is -0.502. The van der Waals surface area contributed by atoms with E-state index >= 15 is 0 Å². The first kappa shape index (κ1) is 20.0. The first-order valence-corrected chi connectivity index (χ1v) is 12.1. The summed E-state index contributed by atoms with van der Waals surface area (Å²) in [4.78, 5) is 35.9. The van der Waals surface area contributed by atoms with E-state index in [0.717, 1.165) is 35.4 Å². The van der Waals surface area contributed by atoms with Gasteiger partial charge >= 0.3 is 0 Å². The van der Waals surface area contributed by atoms with E-state index < -0.39 is 4.75 Å². The average Bonchev–Trinajstić information content (AvgIpc) is 3.44. The van der Waals surface area contributed by atoms with Crippen molar-refractivity contribution < 1.29 is 9.59 Å². The van der Waals surface area contributed by atoms with E-state index in [4.69, 9.17) is 0 Å². The van der Waals surface area contributed by atoms with Crippen molar-refractivity contribution in [3.05, 3.63) is 30.1 Å². The topological polar surface area (TPSA) is 74.7 Å². The molecule has 0 radical (unpaired) electrons. The van der Waals surface area contributed by atoms with Crippen molar-refractivity contribution in [2.24, 2.45) is 22.7 Å². The number of nitrogens with zero attached hydrogens (tertiary/aromatic N) is 3. The lowest BCUT2D eigenvalue weighted by molar-refractivity contribution is -0.132. The number of amidine groups is 1. The molecule has 6 nitrogen and oxygen atoms in total. The van der Waals surface area contributed by atoms with Gasteiger partial charge in [-0.15, -0.1) is 0 Å². The highest BCUT2D eigenvalue weighted by Gasteiger charge is 2.49. The molecule has 7 heteroatoms. The highest BCUT2D eigenvalue weighted by molar-refractivity contribution is 8.16.